The van der Waals surface area contributed by atoms with Crippen molar-refractivity contribution < 1.29 is 20.5 Å². The van der Waals surface area contributed by atoms with Gasteiger partial charge in [-0.1, -0.05) is 131 Å². The SMILES string of the molecule is C.C.[3H]C.[C-]#[N+]C1=C[C@]2(C)c3nn(C)c(C(=O)c4ccccc4)c3CC[C@H]2C(C)(C)C1=O.[C-]#[N+]C1C[C@]2(C)c3nn(C)c(C(=O)c4ccccc4)c3CC[C@H]2C(C)(C)C1=O. The number of hydrogen-bond donors (Lipinski definition) is 0. The number of fused-ring (bicyclic) bond motifs is 6. The molecule has 59 heavy (non-hydrogen) atoms. The Balaban J connectivity index is 0.000000246. The lowest BCUT2D eigenvalue weighted by Crippen LogP contribution is -2.56. The molecule has 310 valence electrons. The maximum absolute atomic E-state index is 13.2. The van der Waals surface area contributed by atoms with Gasteiger partial charge in [0, 0.05) is 65.8 Å². The van der Waals surface area contributed by atoms with Crippen molar-refractivity contribution >= 4 is 23.1 Å². The fourth-order valence-electron chi connectivity index (χ4n) is 10.8. The van der Waals surface area contributed by atoms with E-state index in [2.05, 4.69) is 23.5 Å². The first kappa shape index (κ1) is 44.4. The molecule has 0 N–H and O–H groups in total. The van der Waals surface area contributed by atoms with E-state index in [4.69, 9.17) is 24.7 Å². The predicted octanol–water partition coefficient (Wildman–Crippen LogP) is 9.55. The number of Topliss-reactive ketones (excluding diaryl/α,β-unsaturated/α-hetero) is 2. The summed E-state index contributed by atoms with van der Waals surface area (Å²) in [7, 11) is 4.86. The molecule has 0 aliphatic heterocycles. The lowest BCUT2D eigenvalue weighted by molar-refractivity contribution is -0.137. The van der Waals surface area contributed by atoms with E-state index >= 15 is 0 Å². The molecule has 1 fully saturated rings. The Morgan fingerprint density at radius 3 is 1.66 bits per heavy atom. The number of nitrogens with zero attached hydrogens (tertiary/aromatic N) is 6. The van der Waals surface area contributed by atoms with E-state index in [0.29, 0.717) is 35.4 Å². The van der Waals surface area contributed by atoms with Gasteiger partial charge in [0.2, 0.25) is 23.0 Å². The summed E-state index contributed by atoms with van der Waals surface area (Å²) in [5, 5.41) is 9.55. The van der Waals surface area contributed by atoms with Gasteiger partial charge < -0.3 is 9.64 Å². The van der Waals surface area contributed by atoms with Gasteiger partial charge in [-0.05, 0) is 37.5 Å². The summed E-state index contributed by atoms with van der Waals surface area (Å²) in [4.78, 5) is 59.2. The Morgan fingerprint density at radius 1 is 0.729 bits per heavy atom. The number of hydrogen-bond acceptors (Lipinski definition) is 6. The second-order valence-corrected chi connectivity index (χ2v) is 17.5. The highest BCUT2D eigenvalue weighted by molar-refractivity contribution is 6.10. The van der Waals surface area contributed by atoms with E-state index in [-0.39, 0.29) is 60.9 Å². The minimum absolute atomic E-state index is 0. The van der Waals surface area contributed by atoms with Crippen molar-refractivity contribution in [3.05, 3.63) is 140 Å². The van der Waals surface area contributed by atoms with Gasteiger partial charge in [-0.25, -0.2) is 11.4 Å². The maximum Gasteiger partial charge on any atom is 0.282 e. The highest BCUT2D eigenvalue weighted by Crippen LogP contribution is 2.57. The topological polar surface area (TPSA) is 113 Å². The van der Waals surface area contributed by atoms with Crippen LogP contribution in [0, 0.1) is 35.8 Å². The number of carbonyl (C=O) groups excluding carboxylic acids is 4. The molecule has 0 amide bonds. The highest BCUT2D eigenvalue weighted by atomic mass is 16.1. The molecule has 10 heteroatoms. The monoisotopic (exact) mass is 798 g/mol. The molecule has 1 saturated carbocycles. The first-order chi connectivity index (χ1) is 27.4. The Kier molecular flexibility index (Phi) is 12.1. The molecule has 4 aromatic rings. The third-order valence-corrected chi connectivity index (χ3v) is 13.5. The van der Waals surface area contributed by atoms with Gasteiger partial charge in [0.05, 0.1) is 18.0 Å². The van der Waals surface area contributed by atoms with Gasteiger partial charge >= 0.3 is 0 Å². The fourth-order valence-corrected chi connectivity index (χ4v) is 10.8. The van der Waals surface area contributed by atoms with Crippen LogP contribution in [0.3, 0.4) is 0 Å². The summed E-state index contributed by atoms with van der Waals surface area (Å²) in [6.45, 7) is 27.0. The molecule has 10 nitrogen and oxygen atoms in total. The summed E-state index contributed by atoms with van der Waals surface area (Å²) in [5.74, 6) is 0.0498. The van der Waals surface area contributed by atoms with Crippen LogP contribution in [-0.4, -0.2) is 48.7 Å². The molecular formula is C49H60N6O4. The zero-order valence-electron chi connectivity index (χ0n) is 35.4. The number of ketones is 4. The standard InChI is InChI=1S/C23H25N3O2.C23H23N3O2.3CH4/c2*1-22(2)17-12-11-15-18(19(27)14-9-7-6-8-10-14)26(5)25-20(15)23(17,3)13-16(24-4)21(22)28;;;/h6-10,16-17H,11-13H2,1-3,5H3;6-10,13,17H,11-12H2,1-3,5H3;3*1H4/t16?,17-,23-;17-,23-;;;/m00.../s1/i;;1T;;. The van der Waals surface area contributed by atoms with Gasteiger partial charge in [0.15, 0.2) is 5.78 Å². The first-order valence-electron chi connectivity index (χ1n) is 20.3. The van der Waals surface area contributed by atoms with Crippen molar-refractivity contribution in [1.29, 1.82) is 0 Å². The van der Waals surface area contributed by atoms with Crippen LogP contribution >= 0.6 is 0 Å². The molecule has 2 aromatic carbocycles. The van der Waals surface area contributed by atoms with Crippen LogP contribution < -0.4 is 0 Å². The second-order valence-electron chi connectivity index (χ2n) is 17.5. The van der Waals surface area contributed by atoms with Crippen molar-refractivity contribution in [3.63, 3.8) is 0 Å². The molecule has 4 aliphatic rings. The average molecular weight is 799 g/mol. The third kappa shape index (κ3) is 6.91. The first-order valence-corrected chi connectivity index (χ1v) is 19.3. The van der Waals surface area contributed by atoms with Gasteiger partial charge in [-0.3, -0.25) is 23.7 Å². The van der Waals surface area contributed by atoms with E-state index in [1.807, 2.05) is 95.4 Å². The lowest BCUT2D eigenvalue weighted by atomic mass is 9.50. The summed E-state index contributed by atoms with van der Waals surface area (Å²) < 4.78 is 9.12. The predicted molar refractivity (Wildman–Crippen MR) is 232 cm³/mol. The molecule has 0 saturated heterocycles. The van der Waals surface area contributed by atoms with Crippen LogP contribution in [-0.2, 0) is 47.4 Å². The summed E-state index contributed by atoms with van der Waals surface area (Å²) in [6.07, 6.45) is 5.32. The van der Waals surface area contributed by atoms with Crippen molar-refractivity contribution in [2.45, 2.75) is 113 Å². The molecule has 4 aliphatic carbocycles. The zero-order chi connectivity index (χ0) is 42.5. The number of aryl methyl sites for hydroxylation is 2. The second kappa shape index (κ2) is 16.1. The Morgan fingerprint density at radius 2 is 1.19 bits per heavy atom. The zero-order valence-corrected chi connectivity index (χ0v) is 34.4. The smallest absolute Gasteiger partial charge is 0.282 e. The van der Waals surface area contributed by atoms with Crippen LogP contribution in [0.25, 0.3) is 9.69 Å². The minimum Gasteiger partial charge on any atom is -0.307 e. The normalized spacial score (nSPS) is 25.5. The van der Waals surface area contributed by atoms with Crippen LogP contribution in [0.2, 0.25) is 0 Å². The molecule has 0 radical (unpaired) electrons. The van der Waals surface area contributed by atoms with Crippen molar-refractivity contribution in [1.82, 2.24) is 19.6 Å². The minimum atomic E-state index is -0.641. The van der Waals surface area contributed by atoms with Gasteiger partial charge in [0.1, 0.15) is 11.4 Å². The van der Waals surface area contributed by atoms with Crippen molar-refractivity contribution in [2.75, 3.05) is 0 Å². The van der Waals surface area contributed by atoms with Crippen molar-refractivity contribution in [3.8, 4) is 0 Å². The van der Waals surface area contributed by atoms with Crippen LogP contribution in [0.1, 0.15) is 139 Å². The molecule has 5 atom stereocenters. The largest absolute Gasteiger partial charge is 0.307 e. The van der Waals surface area contributed by atoms with Crippen LogP contribution in [0.4, 0.5) is 0 Å². The fraction of sp³-hybridized carbons (Fsp3) is 0.469. The molecular weight excluding hydrogens is 737 g/mol. The lowest BCUT2D eigenvalue weighted by Gasteiger charge is -2.51. The van der Waals surface area contributed by atoms with E-state index in [9.17, 15) is 19.2 Å². The quantitative estimate of drug-likeness (QED) is 0.150. The number of carbonyl (C=O) groups is 4. The Labute approximate surface area is 352 Å². The number of allylic oxidation sites excluding steroid dienone is 2. The average Bonchev–Trinajstić information content (AvgIpc) is 3.75. The molecule has 1 unspecified atom stereocenters. The van der Waals surface area contributed by atoms with Crippen LogP contribution in [0.5, 0.6) is 0 Å². The summed E-state index contributed by atoms with van der Waals surface area (Å²) in [6, 6.07) is 17.9. The summed E-state index contributed by atoms with van der Waals surface area (Å²) in [5.41, 5.74) is 4.24. The number of benzene rings is 2. The van der Waals surface area contributed by atoms with E-state index in [0.717, 1.165) is 41.8 Å². The van der Waals surface area contributed by atoms with Gasteiger partial charge in [-0.15, -0.1) is 0 Å². The van der Waals surface area contributed by atoms with E-state index < -0.39 is 22.3 Å². The van der Waals surface area contributed by atoms with Crippen LogP contribution in [0.15, 0.2) is 72.4 Å². The Hall–Kier alpha value is -5.74. The third-order valence-electron chi connectivity index (χ3n) is 13.5. The van der Waals surface area contributed by atoms with Gasteiger partial charge in [0.25, 0.3) is 6.04 Å². The van der Waals surface area contributed by atoms with E-state index in [1.165, 1.54) is 7.40 Å². The maximum atomic E-state index is 13.2. The molecule has 8 rings (SSSR count). The Bertz CT molecular complexity index is 2430. The molecule has 0 spiro atoms. The molecule has 2 aromatic heterocycles. The molecule has 0 bridgehead atoms. The highest BCUT2D eigenvalue weighted by Gasteiger charge is 2.61. The van der Waals surface area contributed by atoms with Gasteiger partial charge in [-0.2, -0.15) is 10.2 Å². The number of rotatable bonds is 4. The van der Waals surface area contributed by atoms with E-state index in [1.54, 1.807) is 22.5 Å². The number of aromatic nitrogens is 4. The molecule has 2 heterocycles. The summed E-state index contributed by atoms with van der Waals surface area (Å²) >= 11 is 0. The van der Waals surface area contributed by atoms with Crippen molar-refractivity contribution in [2.24, 2.45) is 36.8 Å².